The molecule has 0 atom stereocenters. The average Bonchev–Trinajstić information content (AvgIpc) is 2.94. The monoisotopic (exact) mass is 275 g/mol. The van der Waals surface area contributed by atoms with Gasteiger partial charge in [-0.15, -0.1) is 11.3 Å². The predicted octanol–water partition coefficient (Wildman–Crippen LogP) is 1.91. The highest BCUT2D eigenvalue weighted by Gasteiger charge is 2.15. The van der Waals surface area contributed by atoms with Crippen molar-refractivity contribution in [2.45, 2.75) is 6.92 Å². The number of nitrogens with two attached hydrogens (primary N) is 1. The minimum atomic E-state index is -0.440. The number of nitrogen functional groups attached to an aromatic ring is 1. The van der Waals surface area contributed by atoms with E-state index in [9.17, 15) is 9.59 Å². The van der Waals surface area contributed by atoms with Crippen LogP contribution in [0.1, 0.15) is 25.6 Å². The van der Waals surface area contributed by atoms with Gasteiger partial charge in [-0.1, -0.05) is 18.2 Å². The van der Waals surface area contributed by atoms with Crippen molar-refractivity contribution in [2.75, 3.05) is 5.32 Å². The second-order valence-electron chi connectivity index (χ2n) is 3.90. The average molecular weight is 275 g/mol. The molecular formula is C13H13N3O2S. The second-order valence-corrected chi connectivity index (χ2v) is 4.85. The molecule has 0 saturated carbocycles. The summed E-state index contributed by atoms with van der Waals surface area (Å²) in [5, 5.41) is 4.57. The second kappa shape index (κ2) is 5.64. The van der Waals surface area contributed by atoms with E-state index in [2.05, 4.69) is 10.7 Å². The van der Waals surface area contributed by atoms with Crippen LogP contribution < -0.4 is 16.6 Å². The molecule has 6 heteroatoms. The van der Waals surface area contributed by atoms with E-state index in [1.807, 2.05) is 18.4 Å². The Morgan fingerprint density at radius 2 is 1.95 bits per heavy atom. The molecule has 2 rings (SSSR count). The van der Waals surface area contributed by atoms with Crippen LogP contribution in [0.4, 0.5) is 5.69 Å². The minimum absolute atomic E-state index is 0.240. The molecule has 0 spiro atoms. The normalized spacial score (nSPS) is 10.0. The molecule has 5 nitrogen and oxygen atoms in total. The summed E-state index contributed by atoms with van der Waals surface area (Å²) < 4.78 is 0. The molecule has 0 aliphatic heterocycles. The van der Waals surface area contributed by atoms with Gasteiger partial charge in [0.15, 0.2) is 0 Å². The van der Waals surface area contributed by atoms with Crippen molar-refractivity contribution in [1.29, 1.82) is 0 Å². The van der Waals surface area contributed by atoms with Crippen molar-refractivity contribution in [2.24, 2.45) is 5.84 Å². The summed E-state index contributed by atoms with van der Waals surface area (Å²) in [6.07, 6.45) is 0. The van der Waals surface area contributed by atoms with E-state index in [1.54, 1.807) is 24.3 Å². The molecule has 19 heavy (non-hydrogen) atoms. The van der Waals surface area contributed by atoms with Crippen LogP contribution in [0.15, 0.2) is 35.7 Å². The van der Waals surface area contributed by atoms with Crippen molar-refractivity contribution < 1.29 is 9.59 Å². The number of hydrogen-bond donors (Lipinski definition) is 3. The summed E-state index contributed by atoms with van der Waals surface area (Å²) >= 11 is 1.34. The highest BCUT2D eigenvalue weighted by Crippen LogP contribution is 2.22. The van der Waals surface area contributed by atoms with Gasteiger partial charge in [-0.3, -0.25) is 15.0 Å². The fourth-order valence-electron chi connectivity index (χ4n) is 1.68. The summed E-state index contributed by atoms with van der Waals surface area (Å²) in [5.74, 6) is 4.46. The molecule has 0 aliphatic rings. The quantitative estimate of drug-likeness (QED) is 0.454. The van der Waals surface area contributed by atoms with Crippen LogP contribution in [-0.4, -0.2) is 11.8 Å². The SMILES string of the molecule is Cc1cccc(C(=O)NN)c1NC(=O)c1cccs1. The Hall–Kier alpha value is -2.18. The maximum atomic E-state index is 12.0. The Labute approximate surface area is 114 Å². The molecule has 0 unspecified atom stereocenters. The first-order chi connectivity index (χ1) is 9.13. The van der Waals surface area contributed by atoms with Crippen LogP contribution in [0.2, 0.25) is 0 Å². The number of hydrogen-bond acceptors (Lipinski definition) is 4. The number of amides is 2. The fourth-order valence-corrected chi connectivity index (χ4v) is 2.30. The molecule has 2 amide bonds. The van der Waals surface area contributed by atoms with Gasteiger partial charge in [-0.05, 0) is 30.0 Å². The molecule has 4 N–H and O–H groups in total. The zero-order valence-corrected chi connectivity index (χ0v) is 11.1. The molecule has 0 saturated heterocycles. The number of carbonyl (C=O) groups is 2. The summed E-state index contributed by atoms with van der Waals surface area (Å²) in [7, 11) is 0. The number of nitrogens with one attached hydrogen (secondary N) is 2. The van der Waals surface area contributed by atoms with E-state index in [0.29, 0.717) is 16.1 Å². The molecule has 1 heterocycles. The van der Waals surface area contributed by atoms with E-state index in [4.69, 9.17) is 5.84 Å². The molecule has 1 aromatic carbocycles. The lowest BCUT2D eigenvalue weighted by atomic mass is 10.1. The third-order valence-corrected chi connectivity index (χ3v) is 3.50. The van der Waals surface area contributed by atoms with Crippen LogP contribution in [0.25, 0.3) is 0 Å². The number of anilines is 1. The van der Waals surface area contributed by atoms with Gasteiger partial charge in [0.05, 0.1) is 16.1 Å². The predicted molar refractivity (Wildman–Crippen MR) is 75.1 cm³/mol. The molecule has 1 aromatic heterocycles. The van der Waals surface area contributed by atoms with Gasteiger partial charge in [0, 0.05) is 0 Å². The molecule has 0 fully saturated rings. The van der Waals surface area contributed by atoms with E-state index in [1.165, 1.54) is 11.3 Å². The zero-order chi connectivity index (χ0) is 13.8. The number of para-hydroxylation sites is 1. The summed E-state index contributed by atoms with van der Waals surface area (Å²) in [5.41, 5.74) is 3.68. The van der Waals surface area contributed by atoms with Gasteiger partial charge >= 0.3 is 0 Å². The first kappa shape index (κ1) is 13.3. The highest BCUT2D eigenvalue weighted by atomic mass is 32.1. The van der Waals surface area contributed by atoms with Crippen LogP contribution >= 0.6 is 11.3 Å². The third-order valence-electron chi connectivity index (χ3n) is 2.63. The van der Waals surface area contributed by atoms with Crippen molar-refractivity contribution in [3.63, 3.8) is 0 Å². The minimum Gasteiger partial charge on any atom is -0.320 e. The molecule has 0 aliphatic carbocycles. The summed E-state index contributed by atoms with van der Waals surface area (Å²) in [6, 6.07) is 8.68. The van der Waals surface area contributed by atoms with Crippen LogP contribution in [0.5, 0.6) is 0 Å². The highest BCUT2D eigenvalue weighted by molar-refractivity contribution is 7.12. The molecule has 0 radical (unpaired) electrons. The van der Waals surface area contributed by atoms with Gasteiger partial charge in [0.2, 0.25) is 0 Å². The Morgan fingerprint density at radius 3 is 2.58 bits per heavy atom. The van der Waals surface area contributed by atoms with E-state index >= 15 is 0 Å². The first-order valence-electron chi connectivity index (χ1n) is 5.59. The fraction of sp³-hybridized carbons (Fsp3) is 0.0769. The van der Waals surface area contributed by atoms with Gasteiger partial charge in [0.1, 0.15) is 0 Å². The van der Waals surface area contributed by atoms with Gasteiger partial charge in [-0.25, -0.2) is 5.84 Å². The third kappa shape index (κ3) is 2.81. The number of hydrazine groups is 1. The summed E-state index contributed by atoms with van der Waals surface area (Å²) in [4.78, 5) is 24.3. The first-order valence-corrected chi connectivity index (χ1v) is 6.47. The number of rotatable bonds is 3. The standard InChI is InChI=1S/C13H13N3O2S/c1-8-4-2-5-9(12(17)16-14)11(8)15-13(18)10-6-3-7-19-10/h2-7H,14H2,1H3,(H,15,18)(H,16,17). The van der Waals surface area contributed by atoms with E-state index in [-0.39, 0.29) is 5.91 Å². The van der Waals surface area contributed by atoms with Crippen LogP contribution in [-0.2, 0) is 0 Å². The lowest BCUT2D eigenvalue weighted by molar-refractivity contribution is 0.0954. The number of thiophene rings is 1. The Morgan fingerprint density at radius 1 is 1.16 bits per heavy atom. The molecule has 0 bridgehead atoms. The zero-order valence-electron chi connectivity index (χ0n) is 10.3. The smallest absolute Gasteiger partial charge is 0.267 e. The maximum Gasteiger partial charge on any atom is 0.267 e. The maximum absolute atomic E-state index is 12.0. The Kier molecular flexibility index (Phi) is 3.94. The Balaban J connectivity index is 2.34. The lowest BCUT2D eigenvalue weighted by Crippen LogP contribution is -2.31. The van der Waals surface area contributed by atoms with E-state index < -0.39 is 5.91 Å². The topological polar surface area (TPSA) is 84.2 Å². The van der Waals surface area contributed by atoms with Crippen LogP contribution in [0, 0.1) is 6.92 Å². The molecular weight excluding hydrogens is 262 g/mol. The summed E-state index contributed by atoms with van der Waals surface area (Å²) in [6.45, 7) is 1.82. The van der Waals surface area contributed by atoms with Crippen molar-refractivity contribution in [3.8, 4) is 0 Å². The number of benzene rings is 1. The van der Waals surface area contributed by atoms with Gasteiger partial charge in [-0.2, -0.15) is 0 Å². The molecule has 98 valence electrons. The van der Waals surface area contributed by atoms with E-state index in [0.717, 1.165) is 5.56 Å². The van der Waals surface area contributed by atoms with Crippen molar-refractivity contribution in [3.05, 3.63) is 51.7 Å². The van der Waals surface area contributed by atoms with Crippen molar-refractivity contribution >= 4 is 28.8 Å². The largest absolute Gasteiger partial charge is 0.320 e. The van der Waals surface area contributed by atoms with Gasteiger partial charge < -0.3 is 5.32 Å². The number of aryl methyl sites for hydroxylation is 1. The number of carbonyl (C=O) groups excluding carboxylic acids is 2. The molecule has 2 aromatic rings. The lowest BCUT2D eigenvalue weighted by Gasteiger charge is -2.12. The van der Waals surface area contributed by atoms with Gasteiger partial charge in [0.25, 0.3) is 11.8 Å². The van der Waals surface area contributed by atoms with Crippen LogP contribution in [0.3, 0.4) is 0 Å². The van der Waals surface area contributed by atoms with Crippen molar-refractivity contribution in [1.82, 2.24) is 5.43 Å². The Bertz CT molecular complexity index is 608.